The molecule has 0 saturated carbocycles. The fourth-order valence-electron chi connectivity index (χ4n) is 2.17. The number of ether oxygens (including phenoxy) is 1. The highest BCUT2D eigenvalue weighted by atomic mass is 16.5. The summed E-state index contributed by atoms with van der Waals surface area (Å²) in [7, 11) is 1.67. The highest BCUT2D eigenvalue weighted by molar-refractivity contribution is 5.39. The average molecular weight is 241 g/mol. The second kappa shape index (κ2) is 5.69. The van der Waals surface area contributed by atoms with Crippen LogP contribution in [0, 0.1) is 0 Å². The monoisotopic (exact) mass is 241 g/mol. The normalized spacial score (nSPS) is 12.2. The van der Waals surface area contributed by atoms with Gasteiger partial charge in [-0.1, -0.05) is 43.3 Å². The maximum absolute atomic E-state index is 6.36. The number of hydrogen-bond donors (Lipinski definition) is 1. The molecule has 1 unspecified atom stereocenters. The van der Waals surface area contributed by atoms with E-state index < -0.39 is 0 Å². The Labute approximate surface area is 108 Å². The number of nitrogens with two attached hydrogens (primary N) is 1. The summed E-state index contributed by atoms with van der Waals surface area (Å²) in [6.45, 7) is 2.15. The maximum atomic E-state index is 6.36. The van der Waals surface area contributed by atoms with E-state index >= 15 is 0 Å². The van der Waals surface area contributed by atoms with Crippen molar-refractivity contribution >= 4 is 0 Å². The van der Waals surface area contributed by atoms with E-state index in [-0.39, 0.29) is 6.04 Å². The molecule has 0 aliphatic carbocycles. The van der Waals surface area contributed by atoms with Gasteiger partial charge in [0.2, 0.25) is 0 Å². The molecule has 2 aromatic carbocycles. The van der Waals surface area contributed by atoms with Gasteiger partial charge in [0, 0.05) is 0 Å². The maximum Gasteiger partial charge on any atom is 0.119 e. The van der Waals surface area contributed by atoms with Gasteiger partial charge < -0.3 is 10.5 Å². The molecule has 0 aliphatic heterocycles. The highest BCUT2D eigenvalue weighted by Gasteiger charge is 2.12. The molecule has 18 heavy (non-hydrogen) atoms. The fourth-order valence-corrected chi connectivity index (χ4v) is 2.17. The summed E-state index contributed by atoms with van der Waals surface area (Å²) < 4.78 is 5.24. The number of aryl methyl sites for hydroxylation is 1. The molecule has 0 amide bonds. The predicted octanol–water partition coefficient (Wildman–Crippen LogP) is 3.31. The summed E-state index contributed by atoms with van der Waals surface area (Å²) in [5.41, 5.74) is 9.93. The molecule has 0 aliphatic rings. The number of hydrogen-bond acceptors (Lipinski definition) is 2. The number of benzene rings is 2. The second-order valence-electron chi connectivity index (χ2n) is 4.31. The van der Waals surface area contributed by atoms with E-state index in [1.165, 1.54) is 11.1 Å². The third-order valence-corrected chi connectivity index (χ3v) is 3.22. The van der Waals surface area contributed by atoms with Crippen LogP contribution < -0.4 is 10.5 Å². The number of rotatable bonds is 4. The summed E-state index contributed by atoms with van der Waals surface area (Å²) in [6, 6.07) is 16.2. The van der Waals surface area contributed by atoms with Crippen LogP contribution in [0.3, 0.4) is 0 Å². The van der Waals surface area contributed by atoms with E-state index in [4.69, 9.17) is 10.5 Å². The van der Waals surface area contributed by atoms with Crippen LogP contribution in [0.2, 0.25) is 0 Å². The molecule has 0 bridgehead atoms. The Hall–Kier alpha value is -1.80. The molecule has 2 N–H and O–H groups in total. The molecular weight excluding hydrogens is 222 g/mol. The smallest absolute Gasteiger partial charge is 0.119 e. The van der Waals surface area contributed by atoms with Gasteiger partial charge in [0.25, 0.3) is 0 Å². The van der Waals surface area contributed by atoms with Crippen molar-refractivity contribution in [3.63, 3.8) is 0 Å². The Morgan fingerprint density at radius 3 is 2.61 bits per heavy atom. The molecule has 2 aromatic rings. The van der Waals surface area contributed by atoms with Crippen molar-refractivity contribution in [3.05, 3.63) is 65.2 Å². The van der Waals surface area contributed by atoms with E-state index in [1.54, 1.807) is 7.11 Å². The Bertz CT molecular complexity index is 522. The molecule has 0 saturated heterocycles. The molecule has 0 spiro atoms. The van der Waals surface area contributed by atoms with Gasteiger partial charge in [-0.05, 0) is 35.2 Å². The molecule has 2 heteroatoms. The largest absolute Gasteiger partial charge is 0.497 e. The van der Waals surface area contributed by atoms with E-state index in [0.717, 1.165) is 17.7 Å². The zero-order valence-electron chi connectivity index (χ0n) is 10.9. The van der Waals surface area contributed by atoms with Crippen LogP contribution in [0.15, 0.2) is 48.5 Å². The third-order valence-electron chi connectivity index (χ3n) is 3.22. The van der Waals surface area contributed by atoms with Gasteiger partial charge in [0.05, 0.1) is 13.2 Å². The van der Waals surface area contributed by atoms with Crippen molar-refractivity contribution in [1.82, 2.24) is 0 Å². The minimum Gasteiger partial charge on any atom is -0.497 e. The SMILES string of the molecule is CCc1ccccc1C(N)c1cccc(OC)c1. The van der Waals surface area contributed by atoms with E-state index in [2.05, 4.69) is 25.1 Å². The van der Waals surface area contributed by atoms with E-state index in [0.29, 0.717) is 0 Å². The van der Waals surface area contributed by atoms with Crippen LogP contribution in [-0.4, -0.2) is 7.11 Å². The van der Waals surface area contributed by atoms with Gasteiger partial charge in [-0.15, -0.1) is 0 Å². The lowest BCUT2D eigenvalue weighted by Gasteiger charge is -2.16. The quantitative estimate of drug-likeness (QED) is 0.891. The van der Waals surface area contributed by atoms with Gasteiger partial charge in [-0.3, -0.25) is 0 Å². The average Bonchev–Trinajstić information content (AvgIpc) is 2.46. The van der Waals surface area contributed by atoms with Gasteiger partial charge in [-0.25, -0.2) is 0 Å². The Kier molecular flexibility index (Phi) is 4.00. The molecule has 0 heterocycles. The first-order valence-corrected chi connectivity index (χ1v) is 6.23. The van der Waals surface area contributed by atoms with Crippen LogP contribution in [0.25, 0.3) is 0 Å². The minimum absolute atomic E-state index is 0.101. The first-order chi connectivity index (χ1) is 8.76. The van der Waals surface area contributed by atoms with Crippen LogP contribution in [-0.2, 0) is 6.42 Å². The zero-order valence-corrected chi connectivity index (χ0v) is 10.9. The predicted molar refractivity (Wildman–Crippen MR) is 74.8 cm³/mol. The van der Waals surface area contributed by atoms with Crippen LogP contribution in [0.1, 0.15) is 29.7 Å². The van der Waals surface area contributed by atoms with E-state index in [1.807, 2.05) is 30.3 Å². The summed E-state index contributed by atoms with van der Waals surface area (Å²) >= 11 is 0. The van der Waals surface area contributed by atoms with Gasteiger partial charge in [0.15, 0.2) is 0 Å². The molecule has 0 fully saturated rings. The lowest BCUT2D eigenvalue weighted by molar-refractivity contribution is 0.414. The number of methoxy groups -OCH3 is 1. The molecule has 0 aromatic heterocycles. The van der Waals surface area contributed by atoms with Crippen molar-refractivity contribution in [2.24, 2.45) is 5.73 Å². The van der Waals surface area contributed by atoms with E-state index in [9.17, 15) is 0 Å². The summed E-state index contributed by atoms with van der Waals surface area (Å²) in [4.78, 5) is 0. The lowest BCUT2D eigenvalue weighted by atomic mass is 9.94. The van der Waals surface area contributed by atoms with Crippen molar-refractivity contribution in [3.8, 4) is 5.75 Å². The summed E-state index contributed by atoms with van der Waals surface area (Å²) in [5.74, 6) is 0.844. The molecule has 0 radical (unpaired) electrons. The van der Waals surface area contributed by atoms with Crippen molar-refractivity contribution in [2.45, 2.75) is 19.4 Å². The Morgan fingerprint density at radius 2 is 1.89 bits per heavy atom. The fraction of sp³-hybridized carbons (Fsp3) is 0.250. The van der Waals surface area contributed by atoms with Crippen molar-refractivity contribution in [1.29, 1.82) is 0 Å². The van der Waals surface area contributed by atoms with Gasteiger partial charge >= 0.3 is 0 Å². The second-order valence-corrected chi connectivity index (χ2v) is 4.31. The first kappa shape index (κ1) is 12.7. The molecule has 1 atom stereocenters. The minimum atomic E-state index is -0.101. The molecule has 2 nitrogen and oxygen atoms in total. The molecule has 2 rings (SSSR count). The van der Waals surface area contributed by atoms with Crippen LogP contribution >= 0.6 is 0 Å². The Morgan fingerprint density at radius 1 is 1.11 bits per heavy atom. The Balaban J connectivity index is 2.37. The summed E-state index contributed by atoms with van der Waals surface area (Å²) in [6.07, 6.45) is 0.994. The third kappa shape index (κ3) is 2.54. The summed E-state index contributed by atoms with van der Waals surface area (Å²) in [5, 5.41) is 0. The van der Waals surface area contributed by atoms with Gasteiger partial charge in [0.1, 0.15) is 5.75 Å². The van der Waals surface area contributed by atoms with Gasteiger partial charge in [-0.2, -0.15) is 0 Å². The topological polar surface area (TPSA) is 35.2 Å². The standard InChI is InChI=1S/C16H19NO/c1-3-12-7-4-5-10-15(12)16(17)13-8-6-9-14(11-13)18-2/h4-11,16H,3,17H2,1-2H3. The molecule has 94 valence electrons. The van der Waals surface area contributed by atoms with Crippen molar-refractivity contribution in [2.75, 3.05) is 7.11 Å². The molecular formula is C16H19NO. The first-order valence-electron chi connectivity index (χ1n) is 6.23. The van der Waals surface area contributed by atoms with Crippen molar-refractivity contribution < 1.29 is 4.74 Å². The van der Waals surface area contributed by atoms with Crippen LogP contribution in [0.4, 0.5) is 0 Å². The zero-order chi connectivity index (χ0) is 13.0. The highest BCUT2D eigenvalue weighted by Crippen LogP contribution is 2.25. The van der Waals surface area contributed by atoms with Crippen LogP contribution in [0.5, 0.6) is 5.75 Å². The lowest BCUT2D eigenvalue weighted by Crippen LogP contribution is -2.13.